The van der Waals surface area contributed by atoms with Crippen LogP contribution in [-0.4, -0.2) is 31.3 Å². The summed E-state index contributed by atoms with van der Waals surface area (Å²) >= 11 is 0. The number of ether oxygens (including phenoxy) is 1. The van der Waals surface area contributed by atoms with Crippen molar-refractivity contribution in [3.05, 3.63) is 29.8 Å². The van der Waals surface area contributed by atoms with E-state index < -0.39 is 18.1 Å². The Balaban J connectivity index is 2.38. The van der Waals surface area contributed by atoms with Crippen LogP contribution in [-0.2, 0) is 9.53 Å². The Morgan fingerprint density at radius 2 is 1.85 bits per heavy atom. The number of halogens is 3. The number of carbonyl (C=O) groups excluding carboxylic acids is 1. The Hall–Kier alpha value is -1.56. The van der Waals surface area contributed by atoms with Gasteiger partial charge in [0.05, 0.1) is 0 Å². The Bertz CT molecular complexity index is 482. The first-order chi connectivity index (χ1) is 9.41. The predicted molar refractivity (Wildman–Crippen MR) is 68.6 cm³/mol. The SMILES string of the molecule is Cc1ccccc1N(C(=O)C(F)(F)F)C1CCOCC1. The largest absolute Gasteiger partial charge is 0.471 e. The first-order valence-electron chi connectivity index (χ1n) is 6.45. The van der Waals surface area contributed by atoms with E-state index in [-0.39, 0.29) is 0 Å². The minimum absolute atomic E-state index is 0.321. The molecular formula is C14H16F3NO2. The highest BCUT2D eigenvalue weighted by Crippen LogP contribution is 2.30. The molecule has 1 aliphatic rings. The van der Waals surface area contributed by atoms with Gasteiger partial charge >= 0.3 is 12.1 Å². The highest BCUT2D eigenvalue weighted by Gasteiger charge is 2.45. The van der Waals surface area contributed by atoms with Gasteiger partial charge in [-0.25, -0.2) is 0 Å². The highest BCUT2D eigenvalue weighted by molar-refractivity contribution is 5.98. The molecule has 20 heavy (non-hydrogen) atoms. The summed E-state index contributed by atoms with van der Waals surface area (Å²) in [5, 5.41) is 0. The number of carbonyl (C=O) groups is 1. The molecule has 1 saturated heterocycles. The van der Waals surface area contributed by atoms with Crippen molar-refractivity contribution in [2.24, 2.45) is 0 Å². The maximum atomic E-state index is 12.8. The van der Waals surface area contributed by atoms with E-state index in [4.69, 9.17) is 4.74 Å². The van der Waals surface area contributed by atoms with Gasteiger partial charge in [-0.05, 0) is 31.4 Å². The van der Waals surface area contributed by atoms with Crippen LogP contribution < -0.4 is 4.90 Å². The number of rotatable bonds is 2. The molecule has 110 valence electrons. The van der Waals surface area contributed by atoms with Crippen molar-refractivity contribution in [1.82, 2.24) is 0 Å². The van der Waals surface area contributed by atoms with E-state index >= 15 is 0 Å². The molecule has 1 aliphatic heterocycles. The zero-order valence-corrected chi connectivity index (χ0v) is 11.1. The van der Waals surface area contributed by atoms with Crippen LogP contribution in [0.4, 0.5) is 18.9 Å². The maximum absolute atomic E-state index is 12.8. The van der Waals surface area contributed by atoms with E-state index in [1.54, 1.807) is 31.2 Å². The van der Waals surface area contributed by atoms with E-state index in [9.17, 15) is 18.0 Å². The van der Waals surface area contributed by atoms with Gasteiger partial charge in [-0.15, -0.1) is 0 Å². The number of hydrogen-bond donors (Lipinski definition) is 0. The molecule has 6 heteroatoms. The summed E-state index contributed by atoms with van der Waals surface area (Å²) in [6.07, 6.45) is -4.05. The van der Waals surface area contributed by atoms with Crippen molar-refractivity contribution in [3.8, 4) is 0 Å². The molecule has 0 radical (unpaired) electrons. The van der Waals surface area contributed by atoms with Crippen LogP contribution in [0.25, 0.3) is 0 Å². The second kappa shape index (κ2) is 5.83. The van der Waals surface area contributed by atoms with Crippen LogP contribution in [0.3, 0.4) is 0 Å². The number of alkyl halides is 3. The Morgan fingerprint density at radius 1 is 1.25 bits per heavy atom. The van der Waals surface area contributed by atoms with Crippen molar-refractivity contribution in [1.29, 1.82) is 0 Å². The molecule has 3 nitrogen and oxygen atoms in total. The number of anilines is 1. The third kappa shape index (κ3) is 3.12. The quantitative estimate of drug-likeness (QED) is 0.836. The fraction of sp³-hybridized carbons (Fsp3) is 0.500. The second-order valence-corrected chi connectivity index (χ2v) is 4.80. The lowest BCUT2D eigenvalue weighted by Crippen LogP contribution is -2.49. The molecule has 0 saturated carbocycles. The van der Waals surface area contributed by atoms with Gasteiger partial charge < -0.3 is 9.64 Å². The number of nitrogens with zero attached hydrogens (tertiary/aromatic N) is 1. The van der Waals surface area contributed by atoms with Gasteiger partial charge in [0.1, 0.15) is 0 Å². The number of hydrogen-bond acceptors (Lipinski definition) is 2. The Morgan fingerprint density at radius 3 is 2.40 bits per heavy atom. The van der Waals surface area contributed by atoms with Crippen LogP contribution in [0.5, 0.6) is 0 Å². The third-order valence-corrected chi connectivity index (χ3v) is 3.39. The second-order valence-electron chi connectivity index (χ2n) is 4.80. The summed E-state index contributed by atoms with van der Waals surface area (Å²) in [5.74, 6) is -1.81. The first kappa shape index (κ1) is 14.8. The van der Waals surface area contributed by atoms with E-state index in [0.717, 1.165) is 4.90 Å². The lowest BCUT2D eigenvalue weighted by atomic mass is 10.0. The van der Waals surface area contributed by atoms with Crippen LogP contribution in [0, 0.1) is 6.92 Å². The van der Waals surface area contributed by atoms with Crippen molar-refractivity contribution in [2.75, 3.05) is 18.1 Å². The first-order valence-corrected chi connectivity index (χ1v) is 6.45. The number of benzene rings is 1. The summed E-state index contributed by atoms with van der Waals surface area (Å²) in [5.41, 5.74) is 0.971. The van der Waals surface area contributed by atoms with Gasteiger partial charge in [-0.1, -0.05) is 18.2 Å². The molecule has 1 aromatic rings. The summed E-state index contributed by atoms with van der Waals surface area (Å²) in [6, 6.07) is 6.15. The number of amides is 1. The molecule has 0 aromatic heterocycles. The standard InChI is InChI=1S/C14H16F3NO2/c1-10-4-2-3-5-12(10)18(13(19)14(15,16)17)11-6-8-20-9-7-11/h2-5,11H,6-9H2,1H3. The fourth-order valence-corrected chi connectivity index (χ4v) is 2.39. The Kier molecular flexibility index (Phi) is 4.32. The van der Waals surface area contributed by atoms with Gasteiger partial charge in [0, 0.05) is 24.9 Å². The zero-order valence-electron chi connectivity index (χ0n) is 11.1. The van der Waals surface area contributed by atoms with E-state index in [1.165, 1.54) is 0 Å². The molecule has 1 aromatic carbocycles. The average Bonchev–Trinajstić information content (AvgIpc) is 2.41. The summed E-state index contributed by atoms with van der Waals surface area (Å²) in [7, 11) is 0. The van der Waals surface area contributed by atoms with Crippen molar-refractivity contribution >= 4 is 11.6 Å². The average molecular weight is 287 g/mol. The molecule has 1 amide bonds. The van der Waals surface area contributed by atoms with Gasteiger partial charge in [0.25, 0.3) is 0 Å². The van der Waals surface area contributed by atoms with E-state index in [0.29, 0.717) is 37.3 Å². The summed E-state index contributed by atoms with van der Waals surface area (Å²) in [4.78, 5) is 12.7. The third-order valence-electron chi connectivity index (χ3n) is 3.39. The smallest absolute Gasteiger partial charge is 0.381 e. The summed E-state index contributed by atoms with van der Waals surface area (Å²) < 4.78 is 43.7. The highest BCUT2D eigenvalue weighted by atomic mass is 19.4. The van der Waals surface area contributed by atoms with Gasteiger partial charge in [0.2, 0.25) is 0 Å². The number of para-hydroxylation sites is 1. The van der Waals surface area contributed by atoms with E-state index in [2.05, 4.69) is 0 Å². The normalized spacial score (nSPS) is 17.0. The van der Waals surface area contributed by atoms with E-state index in [1.807, 2.05) is 0 Å². The molecule has 1 fully saturated rings. The van der Waals surface area contributed by atoms with Crippen LogP contribution in [0.1, 0.15) is 18.4 Å². The maximum Gasteiger partial charge on any atom is 0.471 e. The number of aryl methyl sites for hydroxylation is 1. The topological polar surface area (TPSA) is 29.5 Å². The molecule has 0 bridgehead atoms. The Labute approximate surface area is 115 Å². The molecule has 1 heterocycles. The van der Waals surface area contributed by atoms with Crippen LogP contribution in [0.15, 0.2) is 24.3 Å². The van der Waals surface area contributed by atoms with Gasteiger partial charge in [0.15, 0.2) is 0 Å². The zero-order chi connectivity index (χ0) is 14.8. The monoisotopic (exact) mass is 287 g/mol. The molecular weight excluding hydrogens is 271 g/mol. The van der Waals surface area contributed by atoms with Crippen LogP contribution >= 0.6 is 0 Å². The molecule has 0 aliphatic carbocycles. The molecule has 0 unspecified atom stereocenters. The van der Waals surface area contributed by atoms with Crippen LogP contribution in [0.2, 0.25) is 0 Å². The minimum Gasteiger partial charge on any atom is -0.381 e. The minimum atomic E-state index is -4.87. The molecule has 0 spiro atoms. The van der Waals surface area contributed by atoms with Crippen molar-refractivity contribution in [3.63, 3.8) is 0 Å². The van der Waals surface area contributed by atoms with Crippen molar-refractivity contribution in [2.45, 2.75) is 32.0 Å². The van der Waals surface area contributed by atoms with Gasteiger partial charge in [-0.2, -0.15) is 13.2 Å². The molecule has 0 N–H and O–H groups in total. The molecule has 2 rings (SSSR count). The van der Waals surface area contributed by atoms with Crippen molar-refractivity contribution < 1.29 is 22.7 Å². The molecule has 0 atom stereocenters. The summed E-state index contributed by atoms with van der Waals surface area (Å²) in [6.45, 7) is 2.45. The lowest BCUT2D eigenvalue weighted by Gasteiger charge is -2.35. The lowest BCUT2D eigenvalue weighted by molar-refractivity contribution is -0.171. The fourth-order valence-electron chi connectivity index (χ4n) is 2.39. The van der Waals surface area contributed by atoms with Gasteiger partial charge in [-0.3, -0.25) is 4.79 Å². The predicted octanol–water partition coefficient (Wildman–Crippen LogP) is 3.07.